The molecule has 0 aromatic heterocycles. The molecule has 0 aromatic rings. The predicted octanol–water partition coefficient (Wildman–Crippen LogP) is 3.87. The van der Waals surface area contributed by atoms with E-state index >= 15 is 0 Å². The van der Waals surface area contributed by atoms with Gasteiger partial charge >= 0.3 is 36.9 Å². The average Bonchev–Trinajstić information content (AvgIpc) is 3.12. The molecular weight excluding hydrogens is 975 g/mol. The summed E-state index contributed by atoms with van der Waals surface area (Å²) in [6.07, 6.45) is -7.94. The molecule has 0 amide bonds. The zero-order valence-electron chi connectivity index (χ0n) is 32.3. The van der Waals surface area contributed by atoms with Gasteiger partial charge in [0.2, 0.25) is 0 Å². The summed E-state index contributed by atoms with van der Waals surface area (Å²) in [5.74, 6) is 0. The number of carbonyl (C=O) groups excluding carboxylic acids is 6. The van der Waals surface area contributed by atoms with E-state index in [9.17, 15) is 28.8 Å². The van der Waals surface area contributed by atoms with Crippen molar-refractivity contribution in [1.82, 2.24) is 0 Å². The van der Waals surface area contributed by atoms with Crippen molar-refractivity contribution in [3.63, 3.8) is 0 Å². The van der Waals surface area contributed by atoms with Crippen LogP contribution in [0.15, 0.2) is 0 Å². The van der Waals surface area contributed by atoms with Crippen LogP contribution in [-0.2, 0) is 155 Å². The van der Waals surface area contributed by atoms with E-state index in [0.29, 0.717) is 19.3 Å². The number of aliphatic hydroxyl groups is 3. The number of methoxy groups -OCH3 is 3. The average molecular weight is 1030 g/mol. The first-order valence-corrected chi connectivity index (χ1v) is 15.6. The molecule has 0 fully saturated rings. The molecule has 0 saturated carbocycles. The van der Waals surface area contributed by atoms with Crippen LogP contribution in [0.25, 0.3) is 0 Å². The standard InChI is InChI=1S/3C10H18O7.CH4.3Y/c3*1-4-8(11)6-16-10(13)17-7(2)5-15-9(12)14-3;;;;/h3*7-8,11H,4-6H2,1-3H3;1H4;;;. The molecule has 317 valence electrons. The minimum Gasteiger partial charge on any atom is -0.438 e. The van der Waals surface area contributed by atoms with Gasteiger partial charge in [0.15, 0.2) is 0 Å². The van der Waals surface area contributed by atoms with Gasteiger partial charge in [-0.05, 0) is 40.0 Å². The fraction of sp³-hybridized carbons (Fsp3) is 0.806. The van der Waals surface area contributed by atoms with Gasteiger partial charge < -0.3 is 72.2 Å². The second-order valence-electron chi connectivity index (χ2n) is 9.95. The molecule has 3 radical (unpaired) electrons. The van der Waals surface area contributed by atoms with Crippen LogP contribution in [0.1, 0.15) is 68.2 Å². The van der Waals surface area contributed by atoms with E-state index in [0.717, 1.165) is 0 Å². The Bertz CT molecular complexity index is 859. The van der Waals surface area contributed by atoms with Crippen LogP contribution in [0.2, 0.25) is 0 Å². The zero-order chi connectivity index (χ0) is 39.8. The minimum atomic E-state index is -0.918. The third kappa shape index (κ3) is 48.9. The topological polar surface area (TPSA) is 274 Å². The third-order valence-corrected chi connectivity index (χ3v) is 5.29. The van der Waals surface area contributed by atoms with E-state index in [-0.39, 0.29) is 145 Å². The monoisotopic (exact) mass is 1030 g/mol. The molecule has 0 bridgehead atoms. The molecule has 0 aromatic carbocycles. The Morgan fingerprint density at radius 1 is 0.400 bits per heavy atom. The van der Waals surface area contributed by atoms with Crippen molar-refractivity contribution in [1.29, 1.82) is 0 Å². The normalized spacial score (nSPS) is 12.4. The van der Waals surface area contributed by atoms with E-state index in [2.05, 4.69) is 42.6 Å². The number of hydrogen-bond acceptors (Lipinski definition) is 21. The summed E-state index contributed by atoms with van der Waals surface area (Å²) in [4.78, 5) is 65.0. The maximum absolute atomic E-state index is 11.1. The van der Waals surface area contributed by atoms with Crippen LogP contribution >= 0.6 is 0 Å². The van der Waals surface area contributed by atoms with Crippen molar-refractivity contribution < 1.29 is 199 Å². The van der Waals surface area contributed by atoms with Gasteiger partial charge in [-0.25, -0.2) is 28.8 Å². The second kappa shape index (κ2) is 45.5. The first-order valence-electron chi connectivity index (χ1n) is 15.6. The van der Waals surface area contributed by atoms with Crippen LogP contribution in [0.5, 0.6) is 0 Å². The van der Waals surface area contributed by atoms with E-state index in [1.54, 1.807) is 20.8 Å². The molecule has 6 unspecified atom stereocenters. The van der Waals surface area contributed by atoms with Gasteiger partial charge in [-0.2, -0.15) is 0 Å². The molecule has 0 aliphatic carbocycles. The first-order chi connectivity index (χ1) is 24.0. The molecular formula is C31H58O21Y3. The number of hydrogen-bond donors (Lipinski definition) is 3. The van der Waals surface area contributed by atoms with Crippen LogP contribution in [0, 0.1) is 0 Å². The summed E-state index contributed by atoms with van der Waals surface area (Å²) in [7, 11) is 3.52. The van der Waals surface area contributed by atoms with Gasteiger partial charge in [-0.1, -0.05) is 28.2 Å². The molecule has 55 heavy (non-hydrogen) atoms. The zero-order valence-corrected chi connectivity index (χ0v) is 40.8. The van der Waals surface area contributed by atoms with Crippen molar-refractivity contribution >= 4 is 36.9 Å². The maximum atomic E-state index is 11.1. The largest absolute Gasteiger partial charge is 0.508 e. The molecule has 0 heterocycles. The summed E-state index contributed by atoms with van der Waals surface area (Å²) < 4.78 is 54.4. The number of ether oxygens (including phenoxy) is 12. The Kier molecular flexibility index (Phi) is 56.7. The van der Waals surface area contributed by atoms with Crippen molar-refractivity contribution in [3.05, 3.63) is 0 Å². The molecule has 6 atom stereocenters. The number of carbonyl (C=O) groups is 6. The minimum absolute atomic E-state index is 0. The van der Waals surface area contributed by atoms with E-state index in [1.165, 1.54) is 42.1 Å². The molecule has 0 rings (SSSR count). The fourth-order valence-corrected chi connectivity index (χ4v) is 2.28. The van der Waals surface area contributed by atoms with Crippen LogP contribution < -0.4 is 0 Å². The first kappa shape index (κ1) is 68.5. The summed E-state index contributed by atoms with van der Waals surface area (Å²) in [6.45, 7) is 9.10. The molecule has 0 aliphatic heterocycles. The van der Waals surface area contributed by atoms with Crippen molar-refractivity contribution in [2.45, 2.75) is 105 Å². The summed E-state index contributed by atoms with van der Waals surface area (Å²) in [5.41, 5.74) is 0. The Hall–Kier alpha value is -1.19. The van der Waals surface area contributed by atoms with Gasteiger partial charge in [0, 0.05) is 98.1 Å². The van der Waals surface area contributed by atoms with Gasteiger partial charge in [0.1, 0.15) is 58.0 Å². The quantitative estimate of drug-likeness (QED) is 0.130. The van der Waals surface area contributed by atoms with Crippen LogP contribution in [0.3, 0.4) is 0 Å². The van der Waals surface area contributed by atoms with Crippen molar-refractivity contribution in [3.8, 4) is 0 Å². The molecule has 0 saturated heterocycles. The summed E-state index contributed by atoms with van der Waals surface area (Å²) >= 11 is 0. The van der Waals surface area contributed by atoms with Gasteiger partial charge in [-0.3, -0.25) is 0 Å². The van der Waals surface area contributed by atoms with Gasteiger partial charge in [0.25, 0.3) is 0 Å². The van der Waals surface area contributed by atoms with Gasteiger partial charge in [-0.15, -0.1) is 0 Å². The number of rotatable bonds is 18. The summed E-state index contributed by atoms with van der Waals surface area (Å²) in [5, 5.41) is 27.4. The predicted molar refractivity (Wildman–Crippen MR) is 176 cm³/mol. The Labute approximate surface area is 398 Å². The maximum Gasteiger partial charge on any atom is 0.508 e. The Balaban J connectivity index is -0.000000121. The van der Waals surface area contributed by atoms with Crippen molar-refractivity contribution in [2.24, 2.45) is 0 Å². The van der Waals surface area contributed by atoms with Crippen molar-refractivity contribution in [2.75, 3.05) is 61.0 Å². The fourth-order valence-electron chi connectivity index (χ4n) is 2.28. The molecule has 3 N–H and O–H groups in total. The Morgan fingerprint density at radius 2 is 0.582 bits per heavy atom. The van der Waals surface area contributed by atoms with Crippen LogP contribution in [-0.4, -0.2) is 150 Å². The smallest absolute Gasteiger partial charge is 0.438 e. The van der Waals surface area contributed by atoms with E-state index in [1.807, 2.05) is 0 Å². The number of aliphatic hydroxyl groups excluding tert-OH is 3. The summed E-state index contributed by atoms with van der Waals surface area (Å²) in [6, 6.07) is 0. The molecule has 21 nitrogen and oxygen atoms in total. The third-order valence-electron chi connectivity index (χ3n) is 5.29. The molecule has 0 aliphatic rings. The second-order valence-corrected chi connectivity index (χ2v) is 9.95. The molecule has 24 heteroatoms. The SMILES string of the molecule is C.CCC(O)COC(=O)OC(C)COC(=O)OC.CCC(O)COC(=O)OC(C)COC(=O)OC.CCC(O)COC(=O)OC(C)COC(=O)OC.[Y].[Y].[Y]. The van der Waals surface area contributed by atoms with E-state index < -0.39 is 73.6 Å². The molecule has 0 spiro atoms. The van der Waals surface area contributed by atoms with Gasteiger partial charge in [0.05, 0.1) is 39.6 Å². The Morgan fingerprint density at radius 3 is 0.745 bits per heavy atom. The van der Waals surface area contributed by atoms with Crippen LogP contribution in [0.4, 0.5) is 28.8 Å². The van der Waals surface area contributed by atoms with E-state index in [4.69, 9.17) is 29.5 Å².